The molecule has 0 bridgehead atoms. The molecule has 3 nitrogen and oxygen atoms in total. The summed E-state index contributed by atoms with van der Waals surface area (Å²) in [6.45, 7) is 0. The van der Waals surface area contributed by atoms with Crippen LogP contribution < -0.4 is 4.90 Å². The summed E-state index contributed by atoms with van der Waals surface area (Å²) in [7, 11) is 0. The van der Waals surface area contributed by atoms with Gasteiger partial charge in [0.25, 0.3) is 0 Å². The highest BCUT2D eigenvalue weighted by molar-refractivity contribution is 6.11. The summed E-state index contributed by atoms with van der Waals surface area (Å²) in [5.41, 5.74) is 22.5. The maximum Gasteiger partial charge on any atom is 0.143 e. The fraction of sp³-hybridized carbons (Fsp3) is 0. The van der Waals surface area contributed by atoms with Crippen LogP contribution in [0.15, 0.2) is 296 Å². The van der Waals surface area contributed by atoms with E-state index < -0.39 is 0 Å². The zero-order chi connectivity index (χ0) is 49.7. The molecule has 0 aliphatic rings. The van der Waals surface area contributed by atoms with Crippen LogP contribution in [0, 0.1) is 0 Å². The monoisotopic (exact) mass is 956 g/mol. The SMILES string of the molecule is c1ccc(-c2ccc(-c3cccc(N(c4ccc(-c5cccc(-c6ccccc6-n6c7ccccc7c7ccccc76)c5)cc4)c4ccc(-c5cccc(-c6cccc7c6oc6ccccc67)c5)cc4)c3)cc2)cc1. The Morgan fingerprint density at radius 1 is 0.253 bits per heavy atom. The molecule has 2 aromatic heterocycles. The van der Waals surface area contributed by atoms with Crippen LogP contribution in [0.1, 0.15) is 0 Å². The number of rotatable bonds is 10. The van der Waals surface area contributed by atoms with Crippen LogP contribution in [-0.4, -0.2) is 4.57 Å². The predicted molar refractivity (Wildman–Crippen MR) is 315 cm³/mol. The first-order chi connectivity index (χ1) is 37.2. The predicted octanol–water partition coefficient (Wildman–Crippen LogP) is 20.2. The van der Waals surface area contributed by atoms with Crippen LogP contribution in [0.3, 0.4) is 0 Å². The van der Waals surface area contributed by atoms with E-state index in [2.05, 4.69) is 289 Å². The van der Waals surface area contributed by atoms with Crippen molar-refractivity contribution in [1.29, 1.82) is 0 Å². The molecule has 14 rings (SSSR count). The highest BCUT2D eigenvalue weighted by atomic mass is 16.3. The molecule has 0 saturated carbocycles. The van der Waals surface area contributed by atoms with Crippen molar-refractivity contribution in [3.05, 3.63) is 291 Å². The molecule has 0 unspecified atom stereocenters. The van der Waals surface area contributed by atoms with Crippen molar-refractivity contribution >= 4 is 60.8 Å². The van der Waals surface area contributed by atoms with Crippen LogP contribution in [0.25, 0.3) is 116 Å². The van der Waals surface area contributed by atoms with Crippen molar-refractivity contribution in [3.8, 4) is 72.4 Å². The van der Waals surface area contributed by atoms with Crippen LogP contribution >= 0.6 is 0 Å². The molecule has 0 radical (unpaired) electrons. The number of aromatic nitrogens is 1. The standard InChI is InChI=1S/C72H48N2O/c1-2-16-49(17-3-1)50-34-36-51(37-35-50)56-20-14-23-61(48-56)73(60-44-40-53(41-45-60)55-19-13-22-58(47-55)63-28-15-29-67-66-27-7-11-33-71(66)75-72(63)67)59-42-38-52(39-43-59)54-18-12-21-57(46-54)62-24-4-8-30-68(62)74-69-31-9-5-25-64(69)65-26-6-10-32-70(65)74/h1-48H. The summed E-state index contributed by atoms with van der Waals surface area (Å²) in [5, 5.41) is 4.77. The molecule has 0 atom stereocenters. The quantitative estimate of drug-likeness (QED) is 0.136. The second-order valence-corrected chi connectivity index (χ2v) is 19.3. The van der Waals surface area contributed by atoms with Gasteiger partial charge in [-0.3, -0.25) is 0 Å². The van der Waals surface area contributed by atoms with Crippen LogP contribution in [0.4, 0.5) is 17.1 Å². The van der Waals surface area contributed by atoms with Crippen LogP contribution in [-0.2, 0) is 0 Å². The number of furan rings is 1. The lowest BCUT2D eigenvalue weighted by molar-refractivity contribution is 0.670. The molecule has 0 saturated heterocycles. The van der Waals surface area contributed by atoms with Crippen molar-refractivity contribution in [2.24, 2.45) is 0 Å². The van der Waals surface area contributed by atoms with E-state index in [1.807, 2.05) is 12.1 Å². The Hall–Kier alpha value is -9.96. The van der Waals surface area contributed by atoms with Gasteiger partial charge in [-0.2, -0.15) is 0 Å². The Kier molecular flexibility index (Phi) is 10.8. The first-order valence-corrected chi connectivity index (χ1v) is 25.6. The normalized spacial score (nSPS) is 11.5. The molecule has 14 aromatic rings. The average molecular weight is 957 g/mol. The van der Waals surface area contributed by atoms with E-state index in [0.29, 0.717) is 0 Å². The van der Waals surface area contributed by atoms with Gasteiger partial charge in [-0.15, -0.1) is 0 Å². The van der Waals surface area contributed by atoms with Gasteiger partial charge in [0, 0.05) is 49.7 Å². The van der Waals surface area contributed by atoms with Crippen molar-refractivity contribution in [1.82, 2.24) is 4.57 Å². The Morgan fingerprint density at radius 3 is 1.31 bits per heavy atom. The summed E-state index contributed by atoms with van der Waals surface area (Å²) in [5.74, 6) is 0. The molecule has 0 aliphatic carbocycles. The fourth-order valence-electron chi connectivity index (χ4n) is 11.2. The molecule has 3 heteroatoms. The van der Waals surface area contributed by atoms with E-state index in [9.17, 15) is 0 Å². The maximum atomic E-state index is 6.46. The van der Waals surface area contributed by atoms with Crippen molar-refractivity contribution < 1.29 is 4.42 Å². The smallest absolute Gasteiger partial charge is 0.143 e. The van der Waals surface area contributed by atoms with Gasteiger partial charge in [-0.05, 0) is 128 Å². The van der Waals surface area contributed by atoms with Crippen molar-refractivity contribution in [2.75, 3.05) is 4.90 Å². The number of para-hydroxylation sites is 5. The molecule has 0 N–H and O–H groups in total. The topological polar surface area (TPSA) is 21.3 Å². The minimum atomic E-state index is 0.903. The number of nitrogens with zero attached hydrogens (tertiary/aromatic N) is 2. The number of anilines is 3. The highest BCUT2D eigenvalue weighted by Crippen LogP contribution is 2.42. The van der Waals surface area contributed by atoms with Gasteiger partial charge in [-0.25, -0.2) is 0 Å². The van der Waals surface area contributed by atoms with Gasteiger partial charge < -0.3 is 13.9 Å². The summed E-state index contributed by atoms with van der Waals surface area (Å²) < 4.78 is 8.88. The van der Waals surface area contributed by atoms with Gasteiger partial charge in [0.15, 0.2) is 0 Å². The summed E-state index contributed by atoms with van der Waals surface area (Å²) in [6, 6.07) is 105. The third-order valence-electron chi connectivity index (χ3n) is 14.8. The maximum absolute atomic E-state index is 6.46. The molecular formula is C72H48N2O. The molecule has 0 amide bonds. The number of fused-ring (bicyclic) bond motifs is 6. The van der Waals surface area contributed by atoms with Gasteiger partial charge in [-0.1, -0.05) is 218 Å². The number of benzene rings is 12. The molecule has 0 spiro atoms. The van der Waals surface area contributed by atoms with E-state index in [1.165, 1.54) is 49.6 Å². The van der Waals surface area contributed by atoms with Crippen molar-refractivity contribution in [3.63, 3.8) is 0 Å². The Balaban J connectivity index is 0.821. The molecule has 0 fully saturated rings. The van der Waals surface area contributed by atoms with E-state index in [1.54, 1.807) is 0 Å². The van der Waals surface area contributed by atoms with E-state index >= 15 is 0 Å². The largest absolute Gasteiger partial charge is 0.455 e. The Morgan fingerprint density at radius 2 is 0.667 bits per heavy atom. The zero-order valence-corrected chi connectivity index (χ0v) is 41.0. The minimum absolute atomic E-state index is 0.903. The summed E-state index contributed by atoms with van der Waals surface area (Å²) in [4.78, 5) is 2.37. The van der Waals surface area contributed by atoms with E-state index in [4.69, 9.17) is 4.42 Å². The van der Waals surface area contributed by atoms with Crippen LogP contribution in [0.5, 0.6) is 0 Å². The fourth-order valence-corrected chi connectivity index (χ4v) is 11.2. The van der Waals surface area contributed by atoms with Crippen LogP contribution in [0.2, 0.25) is 0 Å². The van der Waals surface area contributed by atoms with Gasteiger partial charge >= 0.3 is 0 Å². The zero-order valence-electron chi connectivity index (χ0n) is 41.0. The average Bonchev–Trinajstić information content (AvgIpc) is 4.07. The highest BCUT2D eigenvalue weighted by Gasteiger charge is 2.18. The molecule has 12 aromatic carbocycles. The number of hydrogen-bond donors (Lipinski definition) is 0. The van der Waals surface area contributed by atoms with Gasteiger partial charge in [0.2, 0.25) is 0 Å². The Bertz CT molecular complexity index is 4340. The molecule has 2 heterocycles. The molecule has 75 heavy (non-hydrogen) atoms. The summed E-state index contributed by atoms with van der Waals surface area (Å²) >= 11 is 0. The summed E-state index contributed by atoms with van der Waals surface area (Å²) in [6.07, 6.45) is 0. The second-order valence-electron chi connectivity index (χ2n) is 19.3. The second kappa shape index (κ2) is 18.6. The lowest BCUT2D eigenvalue weighted by Gasteiger charge is -2.26. The number of hydrogen-bond acceptors (Lipinski definition) is 2. The van der Waals surface area contributed by atoms with Crippen molar-refractivity contribution in [2.45, 2.75) is 0 Å². The minimum Gasteiger partial charge on any atom is -0.455 e. The van der Waals surface area contributed by atoms with Gasteiger partial charge in [0.1, 0.15) is 11.2 Å². The van der Waals surface area contributed by atoms with E-state index in [-0.39, 0.29) is 0 Å². The lowest BCUT2D eigenvalue weighted by atomic mass is 9.97. The third kappa shape index (κ3) is 7.95. The third-order valence-corrected chi connectivity index (χ3v) is 14.8. The molecular weight excluding hydrogens is 909 g/mol. The Labute approximate surface area is 436 Å². The van der Waals surface area contributed by atoms with Gasteiger partial charge in [0.05, 0.1) is 16.7 Å². The first kappa shape index (κ1) is 43.8. The van der Waals surface area contributed by atoms with E-state index in [0.717, 1.165) is 83.6 Å². The lowest BCUT2D eigenvalue weighted by Crippen LogP contribution is -2.10. The molecule has 0 aliphatic heterocycles. The first-order valence-electron chi connectivity index (χ1n) is 25.6. The molecule has 352 valence electrons.